The van der Waals surface area contributed by atoms with Crippen LogP contribution in [0.15, 0.2) is 0 Å². The second kappa shape index (κ2) is 8.87. The van der Waals surface area contributed by atoms with Crippen LogP contribution < -0.4 is 0 Å². The predicted molar refractivity (Wildman–Crippen MR) is 108 cm³/mol. The highest BCUT2D eigenvalue weighted by Gasteiger charge is 2.56. The van der Waals surface area contributed by atoms with Crippen LogP contribution in [-0.2, 0) is 9.84 Å². The van der Waals surface area contributed by atoms with Crippen LogP contribution in [0.3, 0.4) is 0 Å². The summed E-state index contributed by atoms with van der Waals surface area (Å²) in [6.45, 7) is 4.06. The van der Waals surface area contributed by atoms with Crippen molar-refractivity contribution in [2.45, 2.75) is 108 Å². The number of aliphatic hydroxyl groups excluding tert-OH is 1. The summed E-state index contributed by atoms with van der Waals surface area (Å²) in [4.78, 5) is 0. The fraction of sp³-hybridized carbons (Fsp3) is 1.00. The molecule has 0 aromatic carbocycles. The molecule has 0 bridgehead atoms. The van der Waals surface area contributed by atoms with Crippen LogP contribution in [-0.4, -0.2) is 43.0 Å². The molecule has 3 nitrogen and oxygen atoms in total. The predicted octanol–water partition coefficient (Wildman–Crippen LogP) is 5.01. The van der Waals surface area contributed by atoms with Crippen molar-refractivity contribution in [1.29, 1.82) is 0 Å². The Kier molecular flexibility index (Phi) is 7.11. The minimum Gasteiger partial charge on any atom is -0.392 e. The van der Waals surface area contributed by atoms with Gasteiger partial charge in [0.1, 0.15) is 12.3 Å². The Hall–Kier alpha value is -0.230. The van der Waals surface area contributed by atoms with Gasteiger partial charge in [-0.05, 0) is 75.5 Å². The molecule has 3 aliphatic rings. The molecule has 6 atom stereocenters. The summed E-state index contributed by atoms with van der Waals surface area (Å²) in [6.07, 6.45) is 3.80. The average Bonchev–Trinajstić information content (AvgIpc) is 2.72. The van der Waals surface area contributed by atoms with Gasteiger partial charge in [0.2, 0.25) is 0 Å². The van der Waals surface area contributed by atoms with Crippen molar-refractivity contribution in [3.05, 3.63) is 0 Å². The second-order valence-corrected chi connectivity index (χ2v) is 12.0. The molecule has 0 amide bonds. The third kappa shape index (κ3) is 4.28. The minimum atomic E-state index is -3.41. The van der Waals surface area contributed by atoms with E-state index in [0.29, 0.717) is 51.4 Å². The fourth-order valence-corrected chi connectivity index (χ4v) is 9.37. The van der Waals surface area contributed by atoms with E-state index in [0.717, 1.165) is 12.8 Å². The topological polar surface area (TPSA) is 54.4 Å². The molecule has 164 valence electrons. The molecule has 3 fully saturated rings. The molecule has 5 unspecified atom stereocenters. The van der Waals surface area contributed by atoms with Gasteiger partial charge in [0.15, 0.2) is 9.84 Å². The van der Waals surface area contributed by atoms with E-state index in [1.54, 1.807) is 0 Å². The van der Waals surface area contributed by atoms with Crippen LogP contribution in [0.25, 0.3) is 0 Å². The third-order valence-corrected chi connectivity index (χ3v) is 10.7. The van der Waals surface area contributed by atoms with Crippen LogP contribution in [0, 0.1) is 23.2 Å². The molecule has 28 heavy (non-hydrogen) atoms. The Morgan fingerprint density at radius 2 is 1.64 bits per heavy atom. The monoisotopic (exact) mass is 420 g/mol. The number of unbranched alkanes of at least 4 members (excludes halogenated alkanes) is 1. The molecule has 0 aromatic rings. The van der Waals surface area contributed by atoms with Crippen molar-refractivity contribution in [3.63, 3.8) is 0 Å². The Labute approximate surface area is 169 Å². The van der Waals surface area contributed by atoms with Gasteiger partial charge in [-0.25, -0.2) is 17.2 Å². The van der Waals surface area contributed by atoms with E-state index in [9.17, 15) is 22.3 Å². The molecule has 2 aliphatic carbocycles. The normalized spacial score (nSPS) is 46.5. The molecule has 1 saturated heterocycles. The van der Waals surface area contributed by atoms with E-state index >= 15 is 0 Å². The lowest BCUT2D eigenvalue weighted by molar-refractivity contribution is -0.0708. The number of rotatable bonds is 5. The average molecular weight is 421 g/mol. The molecule has 1 N–H and O–H groups in total. The van der Waals surface area contributed by atoms with Crippen LogP contribution in [0.5, 0.6) is 0 Å². The van der Waals surface area contributed by atoms with Crippen molar-refractivity contribution in [1.82, 2.24) is 0 Å². The van der Waals surface area contributed by atoms with Gasteiger partial charge in [-0.1, -0.05) is 26.7 Å². The SMILES string of the molecule is CCCC[C@]1(CC)CS(=O)(=O)C2CCC(F)CC2C(C2CCC(F)CC2)C1O. The summed E-state index contributed by atoms with van der Waals surface area (Å²) in [5.41, 5.74) is -0.658. The van der Waals surface area contributed by atoms with Gasteiger partial charge >= 0.3 is 0 Å². The Morgan fingerprint density at radius 3 is 2.25 bits per heavy atom. The minimum absolute atomic E-state index is 0.0186. The van der Waals surface area contributed by atoms with Gasteiger partial charge in [0, 0.05) is 5.41 Å². The number of hydrogen-bond acceptors (Lipinski definition) is 3. The highest BCUT2D eigenvalue weighted by molar-refractivity contribution is 7.92. The maximum atomic E-state index is 14.4. The number of sulfone groups is 1. The van der Waals surface area contributed by atoms with Crippen molar-refractivity contribution < 1.29 is 22.3 Å². The summed E-state index contributed by atoms with van der Waals surface area (Å²) in [6, 6.07) is 0. The van der Waals surface area contributed by atoms with E-state index < -0.39 is 38.9 Å². The van der Waals surface area contributed by atoms with Crippen molar-refractivity contribution in [3.8, 4) is 0 Å². The van der Waals surface area contributed by atoms with E-state index in [2.05, 4.69) is 6.92 Å². The molecule has 0 aromatic heterocycles. The lowest BCUT2D eigenvalue weighted by Gasteiger charge is -2.46. The second-order valence-electron chi connectivity index (χ2n) is 9.77. The largest absolute Gasteiger partial charge is 0.392 e. The van der Waals surface area contributed by atoms with Crippen LogP contribution in [0.1, 0.15) is 84.5 Å². The Bertz CT molecular complexity index is 617. The zero-order chi connectivity index (χ0) is 20.5. The number of alkyl halides is 2. The van der Waals surface area contributed by atoms with Crippen LogP contribution in [0.4, 0.5) is 8.78 Å². The molecule has 2 saturated carbocycles. The van der Waals surface area contributed by atoms with Gasteiger partial charge in [0.05, 0.1) is 17.1 Å². The van der Waals surface area contributed by atoms with E-state index in [4.69, 9.17) is 0 Å². The quantitative estimate of drug-likeness (QED) is 0.680. The number of halogens is 2. The highest BCUT2D eigenvalue weighted by atomic mass is 32.2. The van der Waals surface area contributed by atoms with Crippen molar-refractivity contribution in [2.75, 3.05) is 5.75 Å². The molecular formula is C22H38F2O3S. The first-order chi connectivity index (χ1) is 13.2. The van der Waals surface area contributed by atoms with Crippen molar-refractivity contribution in [2.24, 2.45) is 23.2 Å². The summed E-state index contributed by atoms with van der Waals surface area (Å²) in [7, 11) is -3.41. The van der Waals surface area contributed by atoms with E-state index in [1.165, 1.54) is 0 Å². The summed E-state index contributed by atoms with van der Waals surface area (Å²) >= 11 is 0. The van der Waals surface area contributed by atoms with Gasteiger partial charge in [-0.15, -0.1) is 0 Å². The summed E-state index contributed by atoms with van der Waals surface area (Å²) < 4.78 is 55.0. The third-order valence-electron chi connectivity index (χ3n) is 8.18. The van der Waals surface area contributed by atoms with Gasteiger partial charge in [0.25, 0.3) is 0 Å². The lowest BCUT2D eigenvalue weighted by atomic mass is 9.61. The van der Waals surface area contributed by atoms with E-state index in [-0.39, 0.29) is 29.9 Å². The lowest BCUT2D eigenvalue weighted by Crippen LogP contribution is -2.48. The molecule has 6 heteroatoms. The number of fused-ring (bicyclic) bond motifs is 1. The highest BCUT2D eigenvalue weighted by Crippen LogP contribution is 2.53. The molecular weight excluding hydrogens is 382 g/mol. The maximum Gasteiger partial charge on any atom is 0.154 e. The fourth-order valence-electron chi connectivity index (χ4n) is 6.52. The Balaban J connectivity index is 2.03. The zero-order valence-electron chi connectivity index (χ0n) is 17.5. The molecule has 1 heterocycles. The molecule has 3 rings (SSSR count). The molecule has 1 aliphatic heterocycles. The maximum absolute atomic E-state index is 14.4. The molecule has 0 radical (unpaired) electrons. The van der Waals surface area contributed by atoms with Gasteiger partial charge in [-0.3, -0.25) is 0 Å². The zero-order valence-corrected chi connectivity index (χ0v) is 18.3. The van der Waals surface area contributed by atoms with Crippen molar-refractivity contribution >= 4 is 9.84 Å². The first-order valence-corrected chi connectivity index (χ1v) is 13.1. The number of hydrogen-bond donors (Lipinski definition) is 1. The smallest absolute Gasteiger partial charge is 0.154 e. The number of aliphatic hydroxyl groups is 1. The molecule has 0 spiro atoms. The van der Waals surface area contributed by atoms with E-state index in [1.807, 2.05) is 6.92 Å². The first-order valence-electron chi connectivity index (χ1n) is 11.4. The summed E-state index contributed by atoms with van der Waals surface area (Å²) in [5, 5.41) is 11.1. The Morgan fingerprint density at radius 1 is 1.00 bits per heavy atom. The van der Waals surface area contributed by atoms with Crippen LogP contribution >= 0.6 is 0 Å². The van der Waals surface area contributed by atoms with Gasteiger partial charge in [-0.2, -0.15) is 0 Å². The van der Waals surface area contributed by atoms with Crippen LogP contribution in [0.2, 0.25) is 0 Å². The standard InChI is InChI=1S/C22H38F2O3S/c1-3-5-12-22(4-2)14-28(26,27)19-11-10-17(24)13-18(19)20(21(22)25)15-6-8-16(23)9-7-15/h15-21,25H,3-14H2,1-2H3/t15?,16?,17?,18?,19?,20?,21?,22-/m1/s1. The summed E-state index contributed by atoms with van der Waals surface area (Å²) in [5.74, 6) is -0.448. The first kappa shape index (κ1) is 22.5. The van der Waals surface area contributed by atoms with Gasteiger partial charge < -0.3 is 5.11 Å².